The Morgan fingerprint density at radius 2 is 1.95 bits per heavy atom. The maximum Gasteiger partial charge on any atom is 0.267 e. The molecule has 3 heterocycles. The van der Waals surface area contributed by atoms with E-state index < -0.39 is 10.0 Å². The molecule has 0 atom stereocenters. The molecule has 38 heavy (non-hydrogen) atoms. The van der Waals surface area contributed by atoms with E-state index in [4.69, 9.17) is 21.1 Å². The number of rotatable bonds is 10. The summed E-state index contributed by atoms with van der Waals surface area (Å²) in [5, 5.41) is 5.95. The molecule has 1 N–H and O–H groups in total. The van der Waals surface area contributed by atoms with Gasteiger partial charge in [0.15, 0.2) is 5.13 Å². The van der Waals surface area contributed by atoms with Gasteiger partial charge in [0.1, 0.15) is 16.4 Å². The number of anilines is 2. The lowest BCUT2D eigenvalue weighted by molar-refractivity contribution is 0.209. The minimum atomic E-state index is -4.05. The average Bonchev–Trinajstić information content (AvgIpc) is 3.65. The van der Waals surface area contributed by atoms with Crippen molar-refractivity contribution in [1.29, 1.82) is 0 Å². The molecular formula is C26H30BrClN4O4S2. The Labute approximate surface area is 241 Å². The number of thiazole rings is 1. The van der Waals surface area contributed by atoms with Crippen LogP contribution in [0.4, 0.5) is 10.8 Å². The van der Waals surface area contributed by atoms with Gasteiger partial charge in [0, 0.05) is 39.8 Å². The van der Waals surface area contributed by atoms with Crippen LogP contribution in [0.3, 0.4) is 0 Å². The SMILES string of the molecule is COc1ccc(CN(c2nccs2)S(=O)(=O)c2cc(Cl)c(NCC34CCCN3CCC4)cc2Br)c(OC)c1. The summed E-state index contributed by atoms with van der Waals surface area (Å²) in [5.41, 5.74) is 1.55. The Morgan fingerprint density at radius 3 is 2.61 bits per heavy atom. The van der Waals surface area contributed by atoms with Crippen LogP contribution in [0.25, 0.3) is 0 Å². The quantitative estimate of drug-likeness (QED) is 0.290. The molecule has 0 unspecified atom stereocenters. The van der Waals surface area contributed by atoms with E-state index in [0.29, 0.717) is 37.4 Å². The first kappa shape index (κ1) is 27.5. The Bertz CT molecular complexity index is 1390. The van der Waals surface area contributed by atoms with Crippen molar-refractivity contribution in [3.8, 4) is 11.5 Å². The van der Waals surface area contributed by atoms with Gasteiger partial charge < -0.3 is 14.8 Å². The van der Waals surface area contributed by atoms with Gasteiger partial charge in [-0.2, -0.15) is 0 Å². The normalized spacial score (nSPS) is 16.8. The number of nitrogens with zero attached hydrogens (tertiary/aromatic N) is 3. The van der Waals surface area contributed by atoms with E-state index in [1.807, 2.05) is 0 Å². The van der Waals surface area contributed by atoms with Crippen molar-refractivity contribution in [1.82, 2.24) is 9.88 Å². The number of ether oxygens (including phenoxy) is 2. The van der Waals surface area contributed by atoms with E-state index in [-0.39, 0.29) is 17.0 Å². The summed E-state index contributed by atoms with van der Waals surface area (Å²) < 4.78 is 40.7. The van der Waals surface area contributed by atoms with Gasteiger partial charge in [-0.1, -0.05) is 11.6 Å². The number of benzene rings is 2. The summed E-state index contributed by atoms with van der Waals surface area (Å²) in [6.45, 7) is 3.09. The van der Waals surface area contributed by atoms with Crippen molar-refractivity contribution in [3.63, 3.8) is 0 Å². The third kappa shape index (κ3) is 5.23. The fraction of sp³-hybridized carbons (Fsp3) is 0.423. The summed E-state index contributed by atoms with van der Waals surface area (Å²) in [6, 6.07) is 8.55. The number of methoxy groups -OCH3 is 2. The van der Waals surface area contributed by atoms with E-state index in [1.54, 1.807) is 50.1 Å². The van der Waals surface area contributed by atoms with Crippen molar-refractivity contribution >= 4 is 59.7 Å². The highest BCUT2D eigenvalue weighted by atomic mass is 79.9. The van der Waals surface area contributed by atoms with Crippen LogP contribution in [-0.2, 0) is 16.6 Å². The van der Waals surface area contributed by atoms with Crippen LogP contribution in [-0.4, -0.2) is 57.7 Å². The second kappa shape index (κ2) is 11.2. The van der Waals surface area contributed by atoms with Crippen LogP contribution < -0.4 is 19.1 Å². The predicted molar refractivity (Wildman–Crippen MR) is 155 cm³/mol. The Kier molecular flexibility index (Phi) is 8.12. The van der Waals surface area contributed by atoms with E-state index in [2.05, 4.69) is 31.1 Å². The number of hydrogen-bond donors (Lipinski definition) is 1. The number of fused-ring (bicyclic) bond motifs is 1. The second-order valence-corrected chi connectivity index (χ2v) is 13.5. The minimum Gasteiger partial charge on any atom is -0.497 e. The molecule has 0 amide bonds. The monoisotopic (exact) mass is 640 g/mol. The van der Waals surface area contributed by atoms with E-state index in [9.17, 15) is 8.42 Å². The summed E-state index contributed by atoms with van der Waals surface area (Å²) >= 11 is 11.4. The largest absolute Gasteiger partial charge is 0.497 e. The number of aromatic nitrogens is 1. The molecule has 2 aliphatic rings. The molecule has 0 spiro atoms. The van der Waals surface area contributed by atoms with Crippen molar-refractivity contribution in [2.24, 2.45) is 0 Å². The molecule has 2 aromatic carbocycles. The lowest BCUT2D eigenvalue weighted by Gasteiger charge is -2.33. The number of sulfonamides is 1. The molecule has 5 rings (SSSR count). The molecule has 12 heteroatoms. The zero-order valence-corrected chi connectivity index (χ0v) is 25.2. The standard InChI is InChI=1S/C26H30BrClN4O4S2/c1-35-19-6-5-18(23(13-19)36-2)16-32(25-29-9-12-37-25)38(33,34)24-15-21(28)22(14-20(24)27)30-17-26-7-3-10-31(26)11-4-8-26/h5-6,9,12-15,30H,3-4,7-8,10-11,16-17H2,1-2H3. The molecule has 2 saturated heterocycles. The molecule has 0 radical (unpaired) electrons. The minimum absolute atomic E-state index is 0.0193. The van der Waals surface area contributed by atoms with Crippen LogP contribution in [0, 0.1) is 0 Å². The first-order valence-corrected chi connectivity index (χ1v) is 15.9. The number of hydrogen-bond acceptors (Lipinski definition) is 8. The van der Waals surface area contributed by atoms with Crippen LogP contribution in [0.5, 0.6) is 11.5 Å². The lowest BCUT2D eigenvalue weighted by atomic mass is 9.94. The molecule has 8 nitrogen and oxygen atoms in total. The molecule has 3 aromatic rings. The topological polar surface area (TPSA) is 84.0 Å². The summed E-state index contributed by atoms with van der Waals surface area (Å²) in [5.74, 6) is 1.13. The molecule has 204 valence electrons. The summed E-state index contributed by atoms with van der Waals surface area (Å²) in [7, 11) is -0.944. The fourth-order valence-electron chi connectivity index (χ4n) is 5.49. The molecule has 2 fully saturated rings. The highest BCUT2D eigenvalue weighted by Gasteiger charge is 2.44. The van der Waals surface area contributed by atoms with Gasteiger partial charge in [-0.25, -0.2) is 17.7 Å². The Morgan fingerprint density at radius 1 is 1.18 bits per heavy atom. The maximum absolute atomic E-state index is 14.1. The molecule has 2 aliphatic heterocycles. The van der Waals surface area contributed by atoms with Gasteiger partial charge in [-0.15, -0.1) is 11.3 Å². The van der Waals surface area contributed by atoms with Crippen LogP contribution >= 0.6 is 38.9 Å². The second-order valence-electron chi connectivity index (χ2n) is 9.54. The summed E-state index contributed by atoms with van der Waals surface area (Å²) in [6.07, 6.45) is 6.34. The number of halogens is 2. The highest BCUT2D eigenvalue weighted by molar-refractivity contribution is 9.10. The molecule has 0 bridgehead atoms. The van der Waals surface area contributed by atoms with Gasteiger partial charge in [0.25, 0.3) is 10.0 Å². The Balaban J connectivity index is 1.45. The van der Waals surface area contributed by atoms with Gasteiger partial charge in [-0.05, 0) is 79.0 Å². The first-order valence-electron chi connectivity index (χ1n) is 12.4. The first-order chi connectivity index (χ1) is 18.3. The van der Waals surface area contributed by atoms with E-state index >= 15 is 0 Å². The lowest BCUT2D eigenvalue weighted by Crippen LogP contribution is -2.44. The predicted octanol–water partition coefficient (Wildman–Crippen LogP) is 6.01. The van der Waals surface area contributed by atoms with E-state index in [1.165, 1.54) is 47.4 Å². The maximum atomic E-state index is 14.1. The van der Waals surface area contributed by atoms with Gasteiger partial charge >= 0.3 is 0 Å². The van der Waals surface area contributed by atoms with Crippen molar-refractivity contribution < 1.29 is 17.9 Å². The molecule has 0 saturated carbocycles. The zero-order valence-electron chi connectivity index (χ0n) is 21.2. The van der Waals surface area contributed by atoms with Crippen LogP contribution in [0.1, 0.15) is 31.2 Å². The van der Waals surface area contributed by atoms with Crippen molar-refractivity contribution in [3.05, 3.63) is 57.0 Å². The van der Waals surface area contributed by atoms with Gasteiger partial charge in [-0.3, -0.25) is 4.90 Å². The fourth-order valence-corrected chi connectivity index (χ4v) is 9.08. The molecule has 1 aromatic heterocycles. The Hall–Kier alpha value is -2.05. The zero-order chi connectivity index (χ0) is 26.9. The highest BCUT2D eigenvalue weighted by Crippen LogP contribution is 2.41. The molecular weight excluding hydrogens is 612 g/mol. The van der Waals surface area contributed by atoms with Crippen LogP contribution in [0.15, 0.2) is 51.3 Å². The smallest absolute Gasteiger partial charge is 0.267 e. The van der Waals surface area contributed by atoms with Gasteiger partial charge in [0.2, 0.25) is 0 Å². The molecule has 0 aliphatic carbocycles. The number of nitrogens with one attached hydrogen (secondary N) is 1. The van der Waals surface area contributed by atoms with E-state index in [0.717, 1.165) is 19.6 Å². The van der Waals surface area contributed by atoms with Gasteiger partial charge in [0.05, 0.1) is 31.5 Å². The third-order valence-corrected chi connectivity index (χ3v) is 11.4. The van der Waals surface area contributed by atoms with Crippen molar-refractivity contribution in [2.75, 3.05) is 43.5 Å². The van der Waals surface area contributed by atoms with Crippen LogP contribution in [0.2, 0.25) is 5.02 Å². The van der Waals surface area contributed by atoms with Crippen molar-refractivity contribution in [2.45, 2.75) is 42.7 Å². The summed E-state index contributed by atoms with van der Waals surface area (Å²) in [4.78, 5) is 6.94. The average molecular weight is 642 g/mol. The third-order valence-electron chi connectivity index (χ3n) is 7.45.